The predicted octanol–water partition coefficient (Wildman–Crippen LogP) is 7.30. The van der Waals surface area contributed by atoms with Crippen LogP contribution in [0.15, 0.2) is 90.4 Å². The van der Waals surface area contributed by atoms with Crippen molar-refractivity contribution < 1.29 is 4.79 Å². The van der Waals surface area contributed by atoms with Crippen LogP contribution in [0.5, 0.6) is 0 Å². The lowest BCUT2D eigenvalue weighted by atomic mass is 10.2. The van der Waals surface area contributed by atoms with Gasteiger partial charge in [0.05, 0.1) is 5.69 Å². The SMILES string of the molecule is Cc1cccc(NC(=O)N(CCc2csc3nc(-c4ccc(Cl)cc4)cn23)Cc2ccccc2)c1. The number of imidazole rings is 1. The normalized spacial score (nSPS) is 11.0. The van der Waals surface area contributed by atoms with Crippen molar-refractivity contribution in [1.82, 2.24) is 14.3 Å². The molecule has 5 nitrogen and oxygen atoms in total. The Morgan fingerprint density at radius 3 is 2.63 bits per heavy atom. The second kappa shape index (κ2) is 10.3. The van der Waals surface area contributed by atoms with E-state index in [9.17, 15) is 4.79 Å². The first-order chi connectivity index (χ1) is 17.0. The zero-order valence-corrected chi connectivity index (χ0v) is 20.9. The Morgan fingerprint density at radius 2 is 1.86 bits per heavy atom. The molecule has 0 bridgehead atoms. The molecule has 0 unspecified atom stereocenters. The molecule has 2 amide bonds. The summed E-state index contributed by atoms with van der Waals surface area (Å²) in [7, 11) is 0. The van der Waals surface area contributed by atoms with Gasteiger partial charge in [0.2, 0.25) is 0 Å². The van der Waals surface area contributed by atoms with Gasteiger partial charge in [-0.1, -0.05) is 66.2 Å². The average molecular weight is 501 g/mol. The highest BCUT2D eigenvalue weighted by atomic mass is 35.5. The third-order valence-electron chi connectivity index (χ3n) is 5.83. The summed E-state index contributed by atoms with van der Waals surface area (Å²) in [5.41, 5.74) is 6.06. The summed E-state index contributed by atoms with van der Waals surface area (Å²) >= 11 is 7.64. The second-order valence-electron chi connectivity index (χ2n) is 8.47. The van der Waals surface area contributed by atoms with E-state index in [0.29, 0.717) is 24.5 Å². The Balaban J connectivity index is 1.35. The number of thiazole rings is 1. The fourth-order valence-electron chi connectivity index (χ4n) is 4.00. The number of halogens is 1. The molecule has 35 heavy (non-hydrogen) atoms. The molecule has 0 saturated heterocycles. The van der Waals surface area contributed by atoms with E-state index in [1.165, 1.54) is 0 Å². The van der Waals surface area contributed by atoms with Gasteiger partial charge in [-0.2, -0.15) is 0 Å². The van der Waals surface area contributed by atoms with Gasteiger partial charge in [-0.25, -0.2) is 9.78 Å². The Morgan fingerprint density at radius 1 is 1.06 bits per heavy atom. The van der Waals surface area contributed by atoms with Crippen molar-refractivity contribution in [2.75, 3.05) is 11.9 Å². The monoisotopic (exact) mass is 500 g/mol. The molecule has 5 aromatic rings. The van der Waals surface area contributed by atoms with Crippen molar-refractivity contribution in [2.24, 2.45) is 0 Å². The minimum Gasteiger partial charge on any atom is -0.320 e. The van der Waals surface area contributed by atoms with Crippen molar-refractivity contribution in [3.8, 4) is 11.3 Å². The fraction of sp³-hybridized carbons (Fsp3) is 0.143. The summed E-state index contributed by atoms with van der Waals surface area (Å²) in [4.78, 5) is 20.8. The van der Waals surface area contributed by atoms with Crippen LogP contribution in [-0.2, 0) is 13.0 Å². The Labute approximate surface area is 213 Å². The first-order valence-electron chi connectivity index (χ1n) is 11.4. The van der Waals surface area contributed by atoms with Crippen LogP contribution in [0.3, 0.4) is 0 Å². The number of fused-ring (bicyclic) bond motifs is 1. The van der Waals surface area contributed by atoms with Gasteiger partial charge >= 0.3 is 6.03 Å². The molecule has 3 aromatic carbocycles. The van der Waals surface area contributed by atoms with E-state index in [1.54, 1.807) is 11.3 Å². The molecule has 5 rings (SSSR count). The van der Waals surface area contributed by atoms with Crippen LogP contribution in [0, 0.1) is 6.92 Å². The van der Waals surface area contributed by atoms with Crippen LogP contribution in [0.25, 0.3) is 16.2 Å². The molecule has 0 atom stereocenters. The van der Waals surface area contributed by atoms with Crippen LogP contribution in [0.4, 0.5) is 10.5 Å². The summed E-state index contributed by atoms with van der Waals surface area (Å²) in [6.07, 6.45) is 2.77. The van der Waals surface area contributed by atoms with E-state index in [1.807, 2.05) is 90.7 Å². The van der Waals surface area contributed by atoms with E-state index >= 15 is 0 Å². The average Bonchev–Trinajstić information content (AvgIpc) is 3.44. The highest BCUT2D eigenvalue weighted by molar-refractivity contribution is 7.15. The minimum absolute atomic E-state index is 0.113. The predicted molar refractivity (Wildman–Crippen MR) is 144 cm³/mol. The third-order valence-corrected chi connectivity index (χ3v) is 6.97. The summed E-state index contributed by atoms with van der Waals surface area (Å²) in [5.74, 6) is 0. The molecule has 0 aliphatic carbocycles. The number of rotatable bonds is 7. The maximum atomic E-state index is 13.3. The molecule has 7 heteroatoms. The molecule has 176 valence electrons. The van der Waals surface area contributed by atoms with Crippen molar-refractivity contribution in [1.29, 1.82) is 0 Å². The molecule has 0 fully saturated rings. The van der Waals surface area contributed by atoms with Crippen molar-refractivity contribution in [3.63, 3.8) is 0 Å². The summed E-state index contributed by atoms with van der Waals surface area (Å²) in [6, 6.07) is 25.5. The van der Waals surface area contributed by atoms with Crippen molar-refractivity contribution >= 4 is 39.6 Å². The Kier molecular flexibility index (Phi) is 6.84. The number of urea groups is 1. The maximum absolute atomic E-state index is 13.3. The number of hydrogen-bond acceptors (Lipinski definition) is 3. The van der Waals surface area contributed by atoms with E-state index in [4.69, 9.17) is 16.6 Å². The zero-order valence-electron chi connectivity index (χ0n) is 19.3. The van der Waals surface area contributed by atoms with E-state index in [-0.39, 0.29) is 6.03 Å². The van der Waals surface area contributed by atoms with Gasteiger partial charge in [0.25, 0.3) is 0 Å². The molecule has 1 N–H and O–H groups in total. The van der Waals surface area contributed by atoms with Crippen molar-refractivity contribution in [2.45, 2.75) is 19.9 Å². The molecule has 2 aromatic heterocycles. The number of hydrogen-bond donors (Lipinski definition) is 1. The molecule has 0 aliphatic rings. The lowest BCUT2D eigenvalue weighted by Crippen LogP contribution is -2.36. The third kappa shape index (κ3) is 5.56. The summed E-state index contributed by atoms with van der Waals surface area (Å²) < 4.78 is 2.12. The highest BCUT2D eigenvalue weighted by Crippen LogP contribution is 2.25. The van der Waals surface area contributed by atoms with Crippen LogP contribution in [0.2, 0.25) is 5.02 Å². The first-order valence-corrected chi connectivity index (χ1v) is 12.7. The molecular formula is C28H25ClN4OS. The molecular weight excluding hydrogens is 476 g/mol. The topological polar surface area (TPSA) is 49.6 Å². The van der Waals surface area contributed by atoms with Gasteiger partial charge in [0.15, 0.2) is 4.96 Å². The number of amides is 2. The highest BCUT2D eigenvalue weighted by Gasteiger charge is 2.17. The number of nitrogens with one attached hydrogen (secondary N) is 1. The standard InChI is InChI=1S/C28H25ClN4OS/c1-20-6-5-9-24(16-20)30-27(34)32(17-21-7-3-2-4-8-21)15-14-25-19-35-28-31-26(18-33(25)28)22-10-12-23(29)13-11-22/h2-13,16,18-19H,14-15,17H2,1H3,(H,30,34). The number of benzene rings is 3. The van der Waals surface area contributed by atoms with Crippen LogP contribution in [0.1, 0.15) is 16.8 Å². The smallest absolute Gasteiger partial charge is 0.320 e. The Bertz CT molecular complexity index is 1440. The zero-order chi connectivity index (χ0) is 24.2. The van der Waals surface area contributed by atoms with Gasteiger partial charge in [0, 0.05) is 53.1 Å². The number of aromatic nitrogens is 2. The number of aryl methyl sites for hydroxylation is 1. The van der Waals surface area contributed by atoms with Crippen LogP contribution < -0.4 is 5.32 Å². The summed E-state index contributed by atoms with van der Waals surface area (Å²) in [6.45, 7) is 3.13. The van der Waals surface area contributed by atoms with Crippen LogP contribution in [-0.4, -0.2) is 26.9 Å². The largest absolute Gasteiger partial charge is 0.322 e. The van der Waals surface area contributed by atoms with Crippen molar-refractivity contribution in [3.05, 3.63) is 112 Å². The summed E-state index contributed by atoms with van der Waals surface area (Å²) in [5, 5.41) is 5.88. The van der Waals surface area contributed by atoms with Crippen LogP contribution >= 0.6 is 22.9 Å². The maximum Gasteiger partial charge on any atom is 0.322 e. The van der Waals surface area contributed by atoms with E-state index in [2.05, 4.69) is 21.3 Å². The fourth-order valence-corrected chi connectivity index (χ4v) is 5.03. The van der Waals surface area contributed by atoms with Gasteiger partial charge < -0.3 is 10.2 Å². The minimum atomic E-state index is -0.113. The number of carbonyl (C=O) groups is 1. The number of nitrogens with zero attached hydrogens (tertiary/aromatic N) is 3. The molecule has 0 saturated carbocycles. The first kappa shape index (κ1) is 23.1. The van der Waals surface area contributed by atoms with Gasteiger partial charge in [0.1, 0.15) is 0 Å². The molecule has 2 heterocycles. The molecule has 0 aliphatic heterocycles. The van der Waals surface area contributed by atoms with Gasteiger partial charge in [-0.15, -0.1) is 11.3 Å². The lowest BCUT2D eigenvalue weighted by molar-refractivity contribution is 0.209. The number of carbonyl (C=O) groups excluding carboxylic acids is 1. The quantitative estimate of drug-likeness (QED) is 0.255. The van der Waals surface area contributed by atoms with E-state index < -0.39 is 0 Å². The second-order valence-corrected chi connectivity index (χ2v) is 9.74. The molecule has 0 spiro atoms. The lowest BCUT2D eigenvalue weighted by Gasteiger charge is -2.23. The van der Waals surface area contributed by atoms with Gasteiger partial charge in [-0.05, 0) is 42.3 Å². The van der Waals surface area contributed by atoms with Gasteiger partial charge in [-0.3, -0.25) is 4.40 Å². The Hall–Kier alpha value is -3.61. The van der Waals surface area contributed by atoms with E-state index in [0.717, 1.165) is 38.7 Å². The number of anilines is 1. The molecule has 0 radical (unpaired) electrons.